The smallest absolute Gasteiger partial charge is 0.0638 e. The zero-order valence-corrected chi connectivity index (χ0v) is 10.00. The van der Waals surface area contributed by atoms with Gasteiger partial charge in [-0.05, 0) is 39.3 Å². The topological polar surface area (TPSA) is 39.1 Å². The maximum Gasteiger partial charge on any atom is 0.0638 e. The maximum absolute atomic E-state index is 8.66. The lowest BCUT2D eigenvalue weighted by molar-refractivity contribution is 0.284. The van der Waals surface area contributed by atoms with Crippen molar-refractivity contribution in [2.24, 2.45) is 0 Å². The number of hydrogen-bond acceptors (Lipinski definition) is 3. The average molecular weight is 209 g/mol. The van der Waals surface area contributed by atoms with Crippen LogP contribution in [-0.2, 0) is 0 Å². The molecule has 0 amide bonds. The number of nitrogens with one attached hydrogen (secondary N) is 1. The Morgan fingerprint density at radius 2 is 2.07 bits per heavy atom. The summed E-state index contributed by atoms with van der Waals surface area (Å²) in [5.74, 6) is 0. The highest BCUT2D eigenvalue weighted by atomic mass is 15.2. The molecule has 3 nitrogen and oxygen atoms in total. The van der Waals surface area contributed by atoms with Gasteiger partial charge in [0.25, 0.3) is 0 Å². The molecule has 2 unspecified atom stereocenters. The van der Waals surface area contributed by atoms with E-state index in [-0.39, 0.29) is 0 Å². The van der Waals surface area contributed by atoms with E-state index in [0.29, 0.717) is 18.5 Å². The molecule has 1 heterocycles. The molecule has 1 aliphatic heterocycles. The van der Waals surface area contributed by atoms with Crippen LogP contribution < -0.4 is 5.32 Å². The Balaban J connectivity index is 2.21. The lowest BCUT2D eigenvalue weighted by Crippen LogP contribution is -2.42. The first-order chi connectivity index (χ1) is 7.26. The molecule has 1 rings (SSSR count). The number of rotatable bonds is 6. The first kappa shape index (κ1) is 12.5. The summed E-state index contributed by atoms with van der Waals surface area (Å²) in [5.41, 5.74) is 0. The van der Waals surface area contributed by atoms with Crippen molar-refractivity contribution in [1.82, 2.24) is 10.2 Å². The van der Waals surface area contributed by atoms with Crippen molar-refractivity contribution in [3.63, 3.8) is 0 Å². The van der Waals surface area contributed by atoms with E-state index < -0.39 is 0 Å². The second-order valence-electron chi connectivity index (χ2n) is 4.54. The van der Waals surface area contributed by atoms with Crippen molar-refractivity contribution in [3.8, 4) is 6.07 Å². The summed E-state index contributed by atoms with van der Waals surface area (Å²) in [6, 6.07) is 3.11. The molecule has 1 N–H and O–H groups in total. The first-order valence-corrected chi connectivity index (χ1v) is 6.11. The van der Waals surface area contributed by atoms with Gasteiger partial charge in [0.15, 0.2) is 0 Å². The molecular formula is C12H23N3. The normalized spacial score (nSPS) is 21.1. The summed E-state index contributed by atoms with van der Waals surface area (Å²) in [4.78, 5) is 2.51. The molecule has 0 aliphatic carbocycles. The van der Waals surface area contributed by atoms with E-state index in [2.05, 4.69) is 30.1 Å². The second-order valence-corrected chi connectivity index (χ2v) is 4.54. The molecule has 1 saturated heterocycles. The minimum atomic E-state index is 0.368. The molecule has 0 radical (unpaired) electrons. The van der Waals surface area contributed by atoms with Crippen LogP contribution >= 0.6 is 0 Å². The number of nitrogens with zero attached hydrogens (tertiary/aromatic N) is 2. The summed E-state index contributed by atoms with van der Waals surface area (Å²) < 4.78 is 0. The zero-order chi connectivity index (χ0) is 11.1. The highest BCUT2D eigenvalue weighted by molar-refractivity contribution is 4.82. The van der Waals surface area contributed by atoms with Crippen LogP contribution in [0.1, 0.15) is 39.5 Å². The third-order valence-corrected chi connectivity index (χ3v) is 3.08. The van der Waals surface area contributed by atoms with Crippen LogP contribution in [0.25, 0.3) is 0 Å². The van der Waals surface area contributed by atoms with Gasteiger partial charge in [0.1, 0.15) is 0 Å². The lowest BCUT2D eigenvalue weighted by Gasteiger charge is -2.24. The number of hydrogen-bond donors (Lipinski definition) is 1. The number of nitriles is 1. The maximum atomic E-state index is 8.66. The Kier molecular flexibility index (Phi) is 5.67. The molecule has 0 spiro atoms. The van der Waals surface area contributed by atoms with Gasteiger partial charge in [-0.25, -0.2) is 0 Å². The molecule has 86 valence electrons. The molecule has 1 fully saturated rings. The summed E-state index contributed by atoms with van der Waals surface area (Å²) in [5, 5.41) is 12.2. The standard InChI is InChI=1S/C12H23N3/c1-3-12(6-7-13)14-11(2)10-15-8-4-5-9-15/h11-12,14H,3-6,8-10H2,1-2H3. The molecule has 2 atom stereocenters. The second kappa shape index (κ2) is 6.81. The molecular weight excluding hydrogens is 186 g/mol. The molecule has 0 aromatic rings. The van der Waals surface area contributed by atoms with E-state index >= 15 is 0 Å². The minimum absolute atomic E-state index is 0.368. The van der Waals surface area contributed by atoms with E-state index in [1.54, 1.807) is 0 Å². The minimum Gasteiger partial charge on any atom is -0.309 e. The fourth-order valence-electron chi connectivity index (χ4n) is 2.24. The van der Waals surface area contributed by atoms with Crippen molar-refractivity contribution in [3.05, 3.63) is 0 Å². The summed E-state index contributed by atoms with van der Waals surface area (Å²) in [6.07, 6.45) is 4.36. The van der Waals surface area contributed by atoms with Crippen molar-refractivity contribution < 1.29 is 0 Å². The summed E-state index contributed by atoms with van der Waals surface area (Å²) in [7, 11) is 0. The Labute approximate surface area is 93.5 Å². The van der Waals surface area contributed by atoms with E-state index in [0.717, 1.165) is 13.0 Å². The van der Waals surface area contributed by atoms with Crippen LogP contribution in [0.15, 0.2) is 0 Å². The van der Waals surface area contributed by atoms with Crippen LogP contribution in [0, 0.1) is 11.3 Å². The van der Waals surface area contributed by atoms with E-state index in [9.17, 15) is 0 Å². The Morgan fingerprint density at radius 3 is 2.60 bits per heavy atom. The highest BCUT2D eigenvalue weighted by Crippen LogP contribution is 2.08. The fourth-order valence-corrected chi connectivity index (χ4v) is 2.24. The molecule has 0 saturated carbocycles. The summed E-state index contributed by atoms with van der Waals surface area (Å²) in [6.45, 7) is 7.99. The van der Waals surface area contributed by atoms with Crippen molar-refractivity contribution in [2.45, 2.75) is 51.6 Å². The van der Waals surface area contributed by atoms with Gasteiger partial charge in [-0.15, -0.1) is 0 Å². The Hall–Kier alpha value is -0.590. The van der Waals surface area contributed by atoms with Gasteiger partial charge in [-0.3, -0.25) is 0 Å². The third-order valence-electron chi connectivity index (χ3n) is 3.08. The van der Waals surface area contributed by atoms with E-state index in [4.69, 9.17) is 5.26 Å². The van der Waals surface area contributed by atoms with Crippen LogP contribution in [0.2, 0.25) is 0 Å². The first-order valence-electron chi connectivity index (χ1n) is 6.11. The predicted octanol–water partition coefficient (Wildman–Crippen LogP) is 1.75. The van der Waals surface area contributed by atoms with Crippen LogP contribution in [0.4, 0.5) is 0 Å². The molecule has 0 bridgehead atoms. The predicted molar refractivity (Wildman–Crippen MR) is 62.6 cm³/mol. The molecule has 1 aliphatic rings. The largest absolute Gasteiger partial charge is 0.309 e. The van der Waals surface area contributed by atoms with Gasteiger partial charge in [-0.2, -0.15) is 5.26 Å². The fraction of sp³-hybridized carbons (Fsp3) is 0.917. The van der Waals surface area contributed by atoms with Gasteiger partial charge >= 0.3 is 0 Å². The van der Waals surface area contributed by atoms with E-state index in [1.807, 2.05) is 0 Å². The van der Waals surface area contributed by atoms with Gasteiger partial charge in [0.2, 0.25) is 0 Å². The van der Waals surface area contributed by atoms with Crippen LogP contribution in [0.3, 0.4) is 0 Å². The lowest BCUT2D eigenvalue weighted by atomic mass is 10.1. The monoisotopic (exact) mass is 209 g/mol. The van der Waals surface area contributed by atoms with Crippen molar-refractivity contribution in [2.75, 3.05) is 19.6 Å². The third kappa shape index (κ3) is 4.63. The molecule has 0 aromatic heterocycles. The quantitative estimate of drug-likeness (QED) is 0.724. The Morgan fingerprint density at radius 1 is 1.40 bits per heavy atom. The molecule has 0 aromatic carbocycles. The highest BCUT2D eigenvalue weighted by Gasteiger charge is 2.16. The van der Waals surface area contributed by atoms with Crippen LogP contribution in [-0.4, -0.2) is 36.6 Å². The van der Waals surface area contributed by atoms with Crippen LogP contribution in [0.5, 0.6) is 0 Å². The average Bonchev–Trinajstić information content (AvgIpc) is 2.69. The van der Waals surface area contributed by atoms with Gasteiger partial charge in [0, 0.05) is 18.6 Å². The van der Waals surface area contributed by atoms with Gasteiger partial charge < -0.3 is 10.2 Å². The zero-order valence-electron chi connectivity index (χ0n) is 10.00. The molecule has 15 heavy (non-hydrogen) atoms. The Bertz CT molecular complexity index is 203. The van der Waals surface area contributed by atoms with E-state index in [1.165, 1.54) is 25.9 Å². The van der Waals surface area contributed by atoms with Crippen molar-refractivity contribution >= 4 is 0 Å². The summed E-state index contributed by atoms with van der Waals surface area (Å²) >= 11 is 0. The molecule has 3 heteroatoms. The van der Waals surface area contributed by atoms with Gasteiger partial charge in [-0.1, -0.05) is 6.92 Å². The SMILES string of the molecule is CCC(CC#N)NC(C)CN1CCCC1. The van der Waals surface area contributed by atoms with Gasteiger partial charge in [0.05, 0.1) is 12.5 Å². The number of likely N-dealkylation sites (tertiary alicyclic amines) is 1. The van der Waals surface area contributed by atoms with Crippen molar-refractivity contribution in [1.29, 1.82) is 5.26 Å².